The van der Waals surface area contributed by atoms with Crippen molar-refractivity contribution in [3.63, 3.8) is 0 Å². The molecule has 92 valence electrons. The van der Waals surface area contributed by atoms with Gasteiger partial charge in [-0.1, -0.05) is 0 Å². The van der Waals surface area contributed by atoms with Crippen LogP contribution in [-0.2, 0) is 19.1 Å². The van der Waals surface area contributed by atoms with Gasteiger partial charge in [0.15, 0.2) is 12.0 Å². The summed E-state index contributed by atoms with van der Waals surface area (Å²) >= 11 is 0. The molecule has 0 fully saturated rings. The van der Waals surface area contributed by atoms with E-state index in [4.69, 9.17) is 14.7 Å². The van der Waals surface area contributed by atoms with Crippen molar-refractivity contribution >= 4 is 11.9 Å². The molecule has 0 unspecified atom stereocenters. The maximum absolute atomic E-state index is 11.5. The van der Waals surface area contributed by atoms with E-state index in [1.165, 1.54) is 13.0 Å². The van der Waals surface area contributed by atoms with Crippen molar-refractivity contribution in [1.82, 2.24) is 5.32 Å². The maximum Gasteiger partial charge on any atom is 0.313 e. The first kappa shape index (κ1) is 13.0. The standard InChI is InChI=1S/C11H14N2O4/c1-3-16-11(15)8-4-9(6-12)17-10(5-8)13-7(2)14/h4,8,10H,3,5H2,1-2H3,(H,13,14)/t8-,10+/m1/s1. The van der Waals surface area contributed by atoms with Gasteiger partial charge in [0.05, 0.1) is 12.5 Å². The van der Waals surface area contributed by atoms with Crippen LogP contribution in [0.1, 0.15) is 20.3 Å². The summed E-state index contributed by atoms with van der Waals surface area (Å²) < 4.78 is 10.0. The number of nitrogens with one attached hydrogen (secondary N) is 1. The summed E-state index contributed by atoms with van der Waals surface area (Å²) in [7, 11) is 0. The van der Waals surface area contributed by atoms with E-state index in [2.05, 4.69) is 5.32 Å². The summed E-state index contributed by atoms with van der Waals surface area (Å²) in [6.07, 6.45) is 1.02. The molecule has 1 aliphatic rings. The highest BCUT2D eigenvalue weighted by molar-refractivity contribution is 5.76. The fourth-order valence-corrected chi connectivity index (χ4v) is 1.51. The van der Waals surface area contributed by atoms with Crippen LogP contribution in [0.4, 0.5) is 0 Å². The van der Waals surface area contributed by atoms with Gasteiger partial charge in [0.1, 0.15) is 6.07 Å². The highest BCUT2D eigenvalue weighted by atomic mass is 16.5. The zero-order valence-corrected chi connectivity index (χ0v) is 9.73. The Labute approximate surface area is 99.2 Å². The minimum atomic E-state index is -0.665. The molecule has 1 N–H and O–H groups in total. The number of carbonyl (C=O) groups is 2. The predicted octanol–water partition coefficient (Wildman–Crippen LogP) is 0.456. The lowest BCUT2D eigenvalue weighted by atomic mass is 10.0. The van der Waals surface area contributed by atoms with Crippen LogP contribution in [0.25, 0.3) is 0 Å². The van der Waals surface area contributed by atoms with Gasteiger partial charge >= 0.3 is 5.97 Å². The number of ether oxygens (including phenoxy) is 2. The number of nitrogens with zero attached hydrogens (tertiary/aromatic N) is 1. The number of carbonyl (C=O) groups excluding carboxylic acids is 2. The molecule has 1 amide bonds. The van der Waals surface area contributed by atoms with Crippen LogP contribution in [0.15, 0.2) is 11.8 Å². The van der Waals surface area contributed by atoms with E-state index in [-0.39, 0.29) is 24.7 Å². The van der Waals surface area contributed by atoms with Gasteiger partial charge in [-0.2, -0.15) is 5.26 Å². The van der Waals surface area contributed by atoms with Gasteiger partial charge in [0, 0.05) is 13.3 Å². The zero-order chi connectivity index (χ0) is 12.8. The quantitative estimate of drug-likeness (QED) is 0.721. The molecule has 17 heavy (non-hydrogen) atoms. The van der Waals surface area contributed by atoms with Crippen molar-refractivity contribution in [3.8, 4) is 6.07 Å². The Balaban J connectivity index is 2.74. The normalized spacial score (nSPS) is 22.8. The molecule has 6 nitrogen and oxygen atoms in total. The second-order valence-corrected chi connectivity index (χ2v) is 3.54. The van der Waals surface area contributed by atoms with Gasteiger partial charge in [-0.3, -0.25) is 9.59 Å². The Morgan fingerprint density at radius 1 is 1.71 bits per heavy atom. The van der Waals surface area contributed by atoms with Gasteiger partial charge < -0.3 is 14.8 Å². The lowest BCUT2D eigenvalue weighted by Gasteiger charge is -2.26. The average molecular weight is 238 g/mol. The van der Waals surface area contributed by atoms with Crippen molar-refractivity contribution in [2.45, 2.75) is 26.5 Å². The van der Waals surface area contributed by atoms with Crippen molar-refractivity contribution < 1.29 is 19.1 Å². The van der Waals surface area contributed by atoms with Crippen molar-refractivity contribution in [3.05, 3.63) is 11.8 Å². The molecular formula is C11H14N2O4. The topological polar surface area (TPSA) is 88.4 Å². The lowest BCUT2D eigenvalue weighted by Crippen LogP contribution is -2.40. The Kier molecular flexibility index (Phi) is 4.52. The van der Waals surface area contributed by atoms with Crippen molar-refractivity contribution in [2.24, 2.45) is 5.92 Å². The number of hydrogen-bond acceptors (Lipinski definition) is 5. The van der Waals surface area contributed by atoms with E-state index in [1.807, 2.05) is 6.07 Å². The summed E-state index contributed by atoms with van der Waals surface area (Å²) in [5.41, 5.74) is 0. The Morgan fingerprint density at radius 3 is 2.94 bits per heavy atom. The minimum absolute atomic E-state index is 0.0213. The second kappa shape index (κ2) is 5.89. The summed E-state index contributed by atoms with van der Waals surface area (Å²) in [6.45, 7) is 3.32. The molecular weight excluding hydrogens is 224 g/mol. The molecule has 1 aliphatic heterocycles. The van der Waals surface area contributed by atoms with Crippen LogP contribution in [0.5, 0.6) is 0 Å². The summed E-state index contributed by atoms with van der Waals surface area (Å²) in [4.78, 5) is 22.4. The van der Waals surface area contributed by atoms with Gasteiger partial charge in [-0.05, 0) is 13.0 Å². The smallest absolute Gasteiger partial charge is 0.313 e. The summed E-state index contributed by atoms with van der Waals surface area (Å²) in [5, 5.41) is 11.3. The third-order valence-electron chi connectivity index (χ3n) is 2.15. The first-order valence-electron chi connectivity index (χ1n) is 5.29. The number of esters is 1. The highest BCUT2D eigenvalue weighted by Gasteiger charge is 2.29. The fraction of sp³-hybridized carbons (Fsp3) is 0.545. The van der Waals surface area contributed by atoms with E-state index in [0.29, 0.717) is 0 Å². The Bertz CT molecular complexity index is 383. The number of amides is 1. The Morgan fingerprint density at radius 2 is 2.41 bits per heavy atom. The first-order valence-corrected chi connectivity index (χ1v) is 5.29. The molecule has 0 radical (unpaired) electrons. The van der Waals surface area contributed by atoms with Gasteiger partial charge in [-0.15, -0.1) is 0 Å². The molecule has 0 aromatic heterocycles. The predicted molar refractivity (Wildman–Crippen MR) is 57.1 cm³/mol. The monoisotopic (exact) mass is 238 g/mol. The molecule has 0 aromatic rings. The van der Waals surface area contributed by atoms with Gasteiger partial charge in [-0.25, -0.2) is 0 Å². The molecule has 1 rings (SSSR count). The fourth-order valence-electron chi connectivity index (χ4n) is 1.51. The maximum atomic E-state index is 11.5. The van der Waals surface area contributed by atoms with Crippen molar-refractivity contribution in [2.75, 3.05) is 6.61 Å². The van der Waals surface area contributed by atoms with Crippen LogP contribution in [0, 0.1) is 17.2 Å². The van der Waals surface area contributed by atoms with E-state index in [9.17, 15) is 9.59 Å². The highest BCUT2D eigenvalue weighted by Crippen LogP contribution is 2.21. The third kappa shape index (κ3) is 3.79. The molecule has 0 saturated heterocycles. The van der Waals surface area contributed by atoms with E-state index in [0.717, 1.165) is 0 Å². The molecule has 6 heteroatoms. The molecule has 0 saturated carbocycles. The SMILES string of the molecule is CCOC(=O)[C@@H]1C=C(C#N)O[C@H](NC(C)=O)C1. The number of allylic oxidation sites excluding steroid dienone is 1. The summed E-state index contributed by atoms with van der Waals surface area (Å²) in [6, 6.07) is 1.81. The molecule has 2 atom stereocenters. The van der Waals surface area contributed by atoms with Gasteiger partial charge in [0.25, 0.3) is 0 Å². The first-order chi connectivity index (χ1) is 8.06. The number of hydrogen-bond donors (Lipinski definition) is 1. The van der Waals surface area contributed by atoms with E-state index < -0.39 is 18.1 Å². The van der Waals surface area contributed by atoms with Crippen LogP contribution in [-0.4, -0.2) is 24.7 Å². The molecule has 0 spiro atoms. The molecule has 1 heterocycles. The van der Waals surface area contributed by atoms with Crippen molar-refractivity contribution in [1.29, 1.82) is 5.26 Å². The van der Waals surface area contributed by atoms with E-state index >= 15 is 0 Å². The Hall–Kier alpha value is -2.03. The zero-order valence-electron chi connectivity index (χ0n) is 9.73. The molecule has 0 bridgehead atoms. The second-order valence-electron chi connectivity index (χ2n) is 3.54. The van der Waals surface area contributed by atoms with Crippen LogP contribution in [0.2, 0.25) is 0 Å². The largest absolute Gasteiger partial charge is 0.466 e. The third-order valence-corrected chi connectivity index (χ3v) is 2.15. The summed E-state index contributed by atoms with van der Waals surface area (Å²) in [5.74, 6) is -1.24. The minimum Gasteiger partial charge on any atom is -0.466 e. The number of rotatable bonds is 3. The van der Waals surface area contributed by atoms with Crippen LogP contribution in [0.3, 0.4) is 0 Å². The molecule has 0 aromatic carbocycles. The van der Waals surface area contributed by atoms with Crippen LogP contribution >= 0.6 is 0 Å². The van der Waals surface area contributed by atoms with E-state index in [1.54, 1.807) is 6.92 Å². The number of nitriles is 1. The van der Waals surface area contributed by atoms with Crippen LogP contribution < -0.4 is 5.32 Å². The molecule has 0 aliphatic carbocycles. The lowest BCUT2D eigenvalue weighted by molar-refractivity contribution is -0.148. The average Bonchev–Trinajstić information content (AvgIpc) is 2.28. The van der Waals surface area contributed by atoms with Gasteiger partial charge in [0.2, 0.25) is 5.91 Å².